The molecule has 32 heavy (non-hydrogen) atoms. The highest BCUT2D eigenvalue weighted by Gasteiger charge is 2.49. The van der Waals surface area contributed by atoms with E-state index < -0.39 is 28.9 Å². The molecule has 1 saturated heterocycles. The number of nitrogens with zero attached hydrogens (tertiary/aromatic N) is 4. The second-order valence-electron chi connectivity index (χ2n) is 9.22. The monoisotopic (exact) mass is 448 g/mol. The fraction of sp³-hybridized carbons (Fsp3) is 0.435. The van der Waals surface area contributed by atoms with Crippen molar-refractivity contribution in [1.29, 1.82) is 0 Å². The fourth-order valence-corrected chi connectivity index (χ4v) is 3.91. The number of hydrogen-bond acceptors (Lipinski definition) is 3. The van der Waals surface area contributed by atoms with E-state index in [1.807, 2.05) is 30.3 Å². The van der Waals surface area contributed by atoms with E-state index in [1.165, 1.54) is 19.0 Å². The molecule has 2 heterocycles. The average molecular weight is 448 g/mol. The van der Waals surface area contributed by atoms with E-state index >= 15 is 0 Å². The molecule has 3 rings (SSSR count). The van der Waals surface area contributed by atoms with Crippen LogP contribution in [0.2, 0.25) is 0 Å². The zero-order chi connectivity index (χ0) is 24.1. The molecule has 9 heteroatoms. The Hall–Kier alpha value is -3.10. The van der Waals surface area contributed by atoms with Crippen LogP contribution in [0, 0.1) is 0 Å². The van der Waals surface area contributed by atoms with Gasteiger partial charge in [0.05, 0.1) is 11.7 Å². The van der Waals surface area contributed by atoms with E-state index in [9.17, 15) is 22.8 Å². The number of alkyl halides is 3. The van der Waals surface area contributed by atoms with Gasteiger partial charge >= 0.3 is 6.18 Å². The van der Waals surface area contributed by atoms with Crippen LogP contribution in [0.1, 0.15) is 44.5 Å². The van der Waals surface area contributed by atoms with Crippen molar-refractivity contribution in [2.24, 2.45) is 0 Å². The maximum absolute atomic E-state index is 13.9. The molecule has 1 aliphatic heterocycles. The van der Waals surface area contributed by atoms with Gasteiger partial charge in [0.1, 0.15) is 16.9 Å². The number of benzene rings is 1. The Kier molecular flexibility index (Phi) is 5.74. The summed E-state index contributed by atoms with van der Waals surface area (Å²) in [4.78, 5) is 29.0. The molecule has 0 spiro atoms. The zero-order valence-electron chi connectivity index (χ0n) is 19.0. The van der Waals surface area contributed by atoms with Crippen molar-refractivity contribution in [2.75, 3.05) is 14.1 Å². The van der Waals surface area contributed by atoms with E-state index in [-0.39, 0.29) is 23.6 Å². The molecule has 6 nitrogen and oxygen atoms in total. The van der Waals surface area contributed by atoms with Crippen LogP contribution in [0.4, 0.5) is 13.2 Å². The lowest BCUT2D eigenvalue weighted by atomic mass is 9.87. The standard InChI is InChI=1S/C23H27F3N4O2/c1-21(2,3)30-18(23(24,25)26)16(14-27-30)12-17-19(31)29(6)22(4,20(32)28(17)5)13-15-10-8-7-9-11-15/h7-12,14H,13H2,1-6H3. The van der Waals surface area contributed by atoms with Gasteiger partial charge in [-0.15, -0.1) is 0 Å². The summed E-state index contributed by atoms with van der Waals surface area (Å²) in [5.74, 6) is -0.923. The minimum atomic E-state index is -4.69. The Bertz CT molecular complexity index is 1070. The van der Waals surface area contributed by atoms with Crippen LogP contribution >= 0.6 is 0 Å². The summed E-state index contributed by atoms with van der Waals surface area (Å²) in [6, 6.07) is 9.26. The highest BCUT2D eigenvalue weighted by Crippen LogP contribution is 2.37. The second-order valence-corrected chi connectivity index (χ2v) is 9.22. The first-order valence-electron chi connectivity index (χ1n) is 10.2. The Labute approximate surface area is 185 Å². The highest BCUT2D eigenvalue weighted by atomic mass is 19.4. The largest absolute Gasteiger partial charge is 0.433 e. The zero-order valence-corrected chi connectivity index (χ0v) is 19.0. The Morgan fingerprint density at radius 2 is 1.66 bits per heavy atom. The summed E-state index contributed by atoms with van der Waals surface area (Å²) in [6.45, 7) is 6.48. The van der Waals surface area contributed by atoms with Gasteiger partial charge in [-0.1, -0.05) is 30.3 Å². The summed E-state index contributed by atoms with van der Waals surface area (Å²) in [7, 11) is 2.90. The number of carbonyl (C=O) groups is 2. The molecule has 1 fully saturated rings. The fourth-order valence-electron chi connectivity index (χ4n) is 3.91. The normalized spacial score (nSPS) is 21.6. The number of likely N-dealkylation sites (N-methyl/N-ethyl adjacent to an activating group) is 2. The lowest BCUT2D eigenvalue weighted by molar-refractivity contribution is -0.155. The Balaban J connectivity index is 2.06. The first-order chi connectivity index (χ1) is 14.7. The van der Waals surface area contributed by atoms with Crippen molar-refractivity contribution in [2.45, 2.75) is 51.4 Å². The third-order valence-electron chi connectivity index (χ3n) is 5.78. The SMILES string of the molecule is CN1C(=O)C(C)(Cc2ccccc2)N(C)C(=O)C1=Cc1cnn(C(C)(C)C)c1C(F)(F)F. The van der Waals surface area contributed by atoms with Crippen LogP contribution in [0.25, 0.3) is 6.08 Å². The van der Waals surface area contributed by atoms with Crippen molar-refractivity contribution >= 4 is 17.9 Å². The van der Waals surface area contributed by atoms with Crippen LogP contribution in [0.15, 0.2) is 42.2 Å². The minimum absolute atomic E-state index is 0.137. The molecule has 0 aliphatic carbocycles. The van der Waals surface area contributed by atoms with Gasteiger partial charge in [-0.05, 0) is 39.3 Å². The van der Waals surface area contributed by atoms with Crippen LogP contribution in [-0.4, -0.2) is 51.0 Å². The smallest absolute Gasteiger partial charge is 0.326 e. The van der Waals surface area contributed by atoms with Crippen molar-refractivity contribution in [1.82, 2.24) is 19.6 Å². The second kappa shape index (κ2) is 7.79. The number of carbonyl (C=O) groups excluding carboxylic acids is 2. The van der Waals surface area contributed by atoms with Gasteiger partial charge in [-0.25, -0.2) is 0 Å². The molecule has 172 valence electrons. The van der Waals surface area contributed by atoms with E-state index in [4.69, 9.17) is 0 Å². The molecule has 1 aliphatic rings. The lowest BCUT2D eigenvalue weighted by Crippen LogP contribution is -2.64. The first kappa shape index (κ1) is 23.6. The van der Waals surface area contributed by atoms with Crippen LogP contribution in [-0.2, 0) is 27.7 Å². The molecular formula is C23H27F3N4O2. The molecule has 1 aromatic heterocycles. The van der Waals surface area contributed by atoms with Crippen LogP contribution in [0.5, 0.6) is 0 Å². The number of aromatic nitrogens is 2. The van der Waals surface area contributed by atoms with Gasteiger partial charge in [0.25, 0.3) is 11.8 Å². The van der Waals surface area contributed by atoms with E-state index in [1.54, 1.807) is 27.7 Å². The first-order valence-corrected chi connectivity index (χ1v) is 10.2. The lowest BCUT2D eigenvalue weighted by Gasteiger charge is -2.45. The molecule has 1 atom stereocenters. The average Bonchev–Trinajstić information content (AvgIpc) is 3.14. The van der Waals surface area contributed by atoms with Gasteiger partial charge < -0.3 is 9.80 Å². The maximum atomic E-state index is 13.9. The van der Waals surface area contributed by atoms with E-state index in [2.05, 4.69) is 5.10 Å². The van der Waals surface area contributed by atoms with Crippen molar-refractivity contribution in [3.63, 3.8) is 0 Å². The van der Waals surface area contributed by atoms with Gasteiger partial charge in [0.2, 0.25) is 0 Å². The molecule has 2 aromatic rings. The molecule has 0 radical (unpaired) electrons. The van der Waals surface area contributed by atoms with Crippen molar-refractivity contribution < 1.29 is 22.8 Å². The number of rotatable bonds is 3. The van der Waals surface area contributed by atoms with Crippen molar-refractivity contribution in [3.8, 4) is 0 Å². The number of piperazine rings is 1. The number of hydrogen-bond donors (Lipinski definition) is 0. The number of halogens is 3. The molecular weight excluding hydrogens is 421 g/mol. The van der Waals surface area contributed by atoms with Crippen LogP contribution in [0.3, 0.4) is 0 Å². The van der Waals surface area contributed by atoms with Crippen molar-refractivity contribution in [3.05, 3.63) is 59.0 Å². The molecule has 2 amide bonds. The van der Waals surface area contributed by atoms with E-state index in [0.29, 0.717) is 0 Å². The molecule has 1 unspecified atom stereocenters. The quantitative estimate of drug-likeness (QED) is 0.669. The van der Waals surface area contributed by atoms with E-state index in [0.717, 1.165) is 27.4 Å². The van der Waals surface area contributed by atoms with Crippen LogP contribution < -0.4 is 0 Å². The molecule has 1 aromatic carbocycles. The van der Waals surface area contributed by atoms with Gasteiger partial charge in [-0.3, -0.25) is 14.3 Å². The third-order valence-corrected chi connectivity index (χ3v) is 5.78. The summed E-state index contributed by atoms with van der Waals surface area (Å²) in [5, 5.41) is 3.92. The summed E-state index contributed by atoms with van der Waals surface area (Å²) in [5.41, 5.74) is -2.60. The highest BCUT2D eigenvalue weighted by molar-refractivity contribution is 6.08. The summed E-state index contributed by atoms with van der Waals surface area (Å²) < 4.78 is 42.5. The maximum Gasteiger partial charge on any atom is 0.433 e. The molecule has 0 N–H and O–H groups in total. The molecule has 0 saturated carbocycles. The topological polar surface area (TPSA) is 58.4 Å². The predicted octanol–water partition coefficient (Wildman–Crippen LogP) is 3.93. The summed E-state index contributed by atoms with van der Waals surface area (Å²) >= 11 is 0. The minimum Gasteiger partial charge on any atom is -0.326 e. The Morgan fingerprint density at radius 1 is 1.06 bits per heavy atom. The third kappa shape index (κ3) is 4.03. The molecule has 0 bridgehead atoms. The van der Waals surface area contributed by atoms with Gasteiger partial charge in [0.15, 0.2) is 0 Å². The summed E-state index contributed by atoms with van der Waals surface area (Å²) in [6.07, 6.45) is -2.24. The van der Waals surface area contributed by atoms with Gasteiger partial charge in [-0.2, -0.15) is 18.3 Å². The predicted molar refractivity (Wildman–Crippen MR) is 114 cm³/mol. The Morgan fingerprint density at radius 3 is 2.19 bits per heavy atom. The number of amides is 2. The van der Waals surface area contributed by atoms with Gasteiger partial charge in [0, 0.05) is 26.1 Å².